The van der Waals surface area contributed by atoms with Gasteiger partial charge in [-0.2, -0.15) is 0 Å². The van der Waals surface area contributed by atoms with Gasteiger partial charge in [0.1, 0.15) is 17.8 Å². The van der Waals surface area contributed by atoms with Crippen LogP contribution < -0.4 is 9.47 Å². The summed E-state index contributed by atoms with van der Waals surface area (Å²) >= 11 is 6.07. The molecule has 6 heteroatoms. The number of likely N-dealkylation sites (tertiary alicyclic amines) is 1. The number of carbonyl (C=O) groups is 1. The lowest BCUT2D eigenvalue weighted by Gasteiger charge is -2.44. The largest absolute Gasteiger partial charge is 0.485 e. The Morgan fingerprint density at radius 1 is 1.40 bits per heavy atom. The predicted octanol–water partition coefficient (Wildman–Crippen LogP) is 4.08. The molecule has 0 spiro atoms. The van der Waals surface area contributed by atoms with E-state index in [2.05, 4.69) is 18.7 Å². The number of fused-ring (bicyclic) bond motifs is 1. The average molecular weight is 368 g/mol. The molecule has 138 valence electrons. The van der Waals surface area contributed by atoms with Crippen molar-refractivity contribution in [3.05, 3.63) is 22.7 Å². The van der Waals surface area contributed by atoms with Crippen molar-refractivity contribution >= 4 is 17.6 Å². The lowest BCUT2D eigenvalue weighted by atomic mass is 9.81. The quantitative estimate of drug-likeness (QED) is 0.849. The molecule has 5 nitrogen and oxygen atoms in total. The second kappa shape index (κ2) is 7.42. The van der Waals surface area contributed by atoms with Gasteiger partial charge >= 0.3 is 5.97 Å². The van der Waals surface area contributed by atoms with Gasteiger partial charge in [0.25, 0.3) is 0 Å². The Labute approximate surface area is 153 Å². The molecule has 1 saturated heterocycles. The van der Waals surface area contributed by atoms with Crippen molar-refractivity contribution in [2.24, 2.45) is 5.92 Å². The van der Waals surface area contributed by atoms with Crippen molar-refractivity contribution in [1.82, 2.24) is 4.90 Å². The summed E-state index contributed by atoms with van der Waals surface area (Å²) in [6.07, 6.45) is 4.58. The first-order valence-electron chi connectivity index (χ1n) is 9.04. The highest BCUT2D eigenvalue weighted by atomic mass is 35.5. The molecule has 0 aromatic heterocycles. The smallest absolute Gasteiger partial charge is 0.339 e. The number of hydrogen-bond donors (Lipinski definition) is 1. The number of hydrogen-bond acceptors (Lipinski definition) is 4. The van der Waals surface area contributed by atoms with Crippen LogP contribution in [0, 0.1) is 5.92 Å². The first-order chi connectivity index (χ1) is 11.9. The third kappa shape index (κ3) is 3.87. The zero-order chi connectivity index (χ0) is 18.0. The maximum absolute atomic E-state index is 11.4. The van der Waals surface area contributed by atoms with E-state index in [1.807, 2.05) is 0 Å². The summed E-state index contributed by atoms with van der Waals surface area (Å²) in [7, 11) is 0. The second-order valence-electron chi connectivity index (χ2n) is 7.26. The zero-order valence-electron chi connectivity index (χ0n) is 14.9. The molecule has 1 atom stereocenters. The highest BCUT2D eigenvalue weighted by Crippen LogP contribution is 2.44. The molecule has 0 saturated carbocycles. The Balaban J connectivity index is 1.72. The maximum Gasteiger partial charge on any atom is 0.339 e. The molecule has 1 fully saturated rings. The van der Waals surface area contributed by atoms with Gasteiger partial charge in [-0.1, -0.05) is 24.9 Å². The summed E-state index contributed by atoms with van der Waals surface area (Å²) < 4.78 is 12.1. The van der Waals surface area contributed by atoms with Crippen molar-refractivity contribution in [2.75, 3.05) is 26.2 Å². The zero-order valence-corrected chi connectivity index (χ0v) is 15.6. The van der Waals surface area contributed by atoms with Crippen molar-refractivity contribution in [3.8, 4) is 11.5 Å². The Kier molecular flexibility index (Phi) is 5.44. The summed E-state index contributed by atoms with van der Waals surface area (Å²) in [5.74, 6) is 0.0443. The molecule has 1 aromatic rings. The summed E-state index contributed by atoms with van der Waals surface area (Å²) in [5, 5.41) is 9.69. The van der Waals surface area contributed by atoms with E-state index in [-0.39, 0.29) is 11.3 Å². The van der Waals surface area contributed by atoms with Crippen LogP contribution in [0.25, 0.3) is 0 Å². The monoisotopic (exact) mass is 367 g/mol. The van der Waals surface area contributed by atoms with E-state index in [9.17, 15) is 9.90 Å². The Hall–Kier alpha value is -1.46. The minimum Gasteiger partial charge on any atom is -0.485 e. The number of carboxylic acids is 1. The highest BCUT2D eigenvalue weighted by molar-refractivity contribution is 6.31. The molecular formula is C19H26ClNO4. The van der Waals surface area contributed by atoms with Crippen LogP contribution in [0.2, 0.25) is 5.02 Å². The van der Waals surface area contributed by atoms with E-state index in [0.717, 1.165) is 32.5 Å². The second-order valence-corrected chi connectivity index (χ2v) is 7.70. The third-order valence-electron chi connectivity index (χ3n) is 5.38. The summed E-state index contributed by atoms with van der Waals surface area (Å²) in [6.45, 7) is 7.96. The lowest BCUT2D eigenvalue weighted by Crippen LogP contribution is -2.52. The molecule has 25 heavy (non-hydrogen) atoms. The number of halogens is 1. The number of aromatic carboxylic acids is 1. The number of ether oxygens (including phenoxy) is 2. The Morgan fingerprint density at radius 3 is 2.76 bits per heavy atom. The highest BCUT2D eigenvalue weighted by Gasteiger charge is 2.43. The topological polar surface area (TPSA) is 59.0 Å². The molecule has 0 aliphatic carbocycles. The number of carboxylic acid groups (broad SMARTS) is 1. The molecule has 0 radical (unpaired) electrons. The molecule has 0 bridgehead atoms. The van der Waals surface area contributed by atoms with Gasteiger partial charge in [-0.25, -0.2) is 4.79 Å². The van der Waals surface area contributed by atoms with Gasteiger partial charge < -0.3 is 19.5 Å². The van der Waals surface area contributed by atoms with Crippen molar-refractivity contribution in [3.63, 3.8) is 0 Å². The van der Waals surface area contributed by atoms with Crippen molar-refractivity contribution < 1.29 is 19.4 Å². The summed E-state index contributed by atoms with van der Waals surface area (Å²) in [5.41, 5.74) is -0.399. The van der Waals surface area contributed by atoms with Crippen molar-refractivity contribution in [2.45, 2.75) is 45.1 Å². The van der Waals surface area contributed by atoms with Crippen LogP contribution in [0.15, 0.2) is 12.1 Å². The van der Waals surface area contributed by atoms with E-state index in [1.54, 1.807) is 6.07 Å². The minimum atomic E-state index is -1.06. The summed E-state index contributed by atoms with van der Waals surface area (Å²) in [6, 6.07) is 3.05. The SMILES string of the molecule is CCCCN1CCC(C2(C)COc3c(cc(Cl)cc3C(=O)O)O2)CC1. The van der Waals surface area contributed by atoms with E-state index >= 15 is 0 Å². The molecule has 0 amide bonds. The third-order valence-corrected chi connectivity index (χ3v) is 5.59. The van der Waals surface area contributed by atoms with Crippen LogP contribution in [0.3, 0.4) is 0 Å². The molecule has 2 heterocycles. The standard InChI is InChI=1S/C19H26ClNO4/c1-3-4-7-21-8-5-13(6-9-21)19(2)12-24-17-15(18(22)23)10-14(20)11-16(17)25-19/h10-11,13H,3-9,12H2,1-2H3,(H,22,23). The van der Waals surface area contributed by atoms with Crippen LogP contribution in [0.5, 0.6) is 11.5 Å². The fourth-order valence-corrected chi connectivity index (χ4v) is 4.01. The number of nitrogens with zero attached hydrogens (tertiary/aromatic N) is 1. The van der Waals surface area contributed by atoms with E-state index in [4.69, 9.17) is 21.1 Å². The first-order valence-corrected chi connectivity index (χ1v) is 9.41. The fraction of sp³-hybridized carbons (Fsp3) is 0.632. The van der Waals surface area contributed by atoms with Gasteiger partial charge in [0, 0.05) is 17.0 Å². The van der Waals surface area contributed by atoms with Crippen LogP contribution >= 0.6 is 11.6 Å². The van der Waals surface area contributed by atoms with Gasteiger partial charge in [0.15, 0.2) is 11.5 Å². The molecular weight excluding hydrogens is 342 g/mol. The van der Waals surface area contributed by atoms with Crippen LogP contribution in [0.4, 0.5) is 0 Å². The number of piperidine rings is 1. The average Bonchev–Trinajstić information content (AvgIpc) is 2.59. The van der Waals surface area contributed by atoms with E-state index in [1.165, 1.54) is 18.9 Å². The lowest BCUT2D eigenvalue weighted by molar-refractivity contribution is -0.0581. The van der Waals surface area contributed by atoms with Gasteiger partial charge in [-0.15, -0.1) is 0 Å². The van der Waals surface area contributed by atoms with Gasteiger partial charge in [-0.05, 0) is 51.9 Å². The van der Waals surface area contributed by atoms with Crippen molar-refractivity contribution in [1.29, 1.82) is 0 Å². The molecule has 2 aliphatic heterocycles. The number of unbranched alkanes of at least 4 members (excludes halogenated alkanes) is 1. The maximum atomic E-state index is 11.4. The normalized spacial score (nSPS) is 24.3. The fourth-order valence-electron chi connectivity index (χ4n) is 3.80. The Morgan fingerprint density at radius 2 is 2.12 bits per heavy atom. The van der Waals surface area contributed by atoms with Crippen LogP contribution in [-0.2, 0) is 0 Å². The van der Waals surface area contributed by atoms with E-state index < -0.39 is 11.6 Å². The van der Waals surface area contributed by atoms with Gasteiger partial charge in [0.2, 0.25) is 0 Å². The molecule has 2 aliphatic rings. The molecule has 3 rings (SSSR count). The Bertz CT molecular complexity index is 643. The summed E-state index contributed by atoms with van der Waals surface area (Å²) in [4.78, 5) is 13.9. The number of rotatable bonds is 5. The minimum absolute atomic E-state index is 0.0546. The van der Waals surface area contributed by atoms with Crippen LogP contribution in [-0.4, -0.2) is 47.8 Å². The van der Waals surface area contributed by atoms with Crippen LogP contribution in [0.1, 0.15) is 49.9 Å². The molecule has 1 N–H and O–H groups in total. The van der Waals surface area contributed by atoms with E-state index in [0.29, 0.717) is 23.3 Å². The molecule has 1 unspecified atom stereocenters. The molecule has 1 aromatic carbocycles. The number of benzene rings is 1. The predicted molar refractivity (Wildman–Crippen MR) is 97.0 cm³/mol. The first kappa shape index (κ1) is 18.3. The van der Waals surface area contributed by atoms with Gasteiger partial charge in [0.05, 0.1) is 0 Å². The van der Waals surface area contributed by atoms with Gasteiger partial charge in [-0.3, -0.25) is 0 Å².